The molecular weight excluding hydrogens is 202 g/mol. The summed E-state index contributed by atoms with van der Waals surface area (Å²) in [7, 11) is 0. The first-order valence-corrected chi connectivity index (χ1v) is 6.96. The molecule has 0 radical (unpaired) electrons. The average molecular weight is 223 g/mol. The number of hydrogen-bond acceptors (Lipinski definition) is 2. The van der Waals surface area contributed by atoms with E-state index in [9.17, 15) is 0 Å². The molecule has 0 bridgehead atoms. The van der Waals surface area contributed by atoms with Crippen LogP contribution in [0.15, 0.2) is 11.6 Å². The van der Waals surface area contributed by atoms with E-state index in [2.05, 4.69) is 31.1 Å². The number of aromatic nitrogens is 1. The van der Waals surface area contributed by atoms with Gasteiger partial charge in [0.2, 0.25) is 0 Å². The van der Waals surface area contributed by atoms with Crippen molar-refractivity contribution in [1.82, 2.24) is 4.98 Å². The number of hydrogen-bond donors (Lipinski definition) is 0. The van der Waals surface area contributed by atoms with Crippen LogP contribution in [0.2, 0.25) is 0 Å². The highest BCUT2D eigenvalue weighted by atomic mass is 32.1. The Kier molecular flexibility index (Phi) is 3.45. The minimum atomic E-state index is 0.730. The van der Waals surface area contributed by atoms with Crippen LogP contribution in [0.3, 0.4) is 0 Å². The van der Waals surface area contributed by atoms with E-state index in [0.717, 1.165) is 23.7 Å². The van der Waals surface area contributed by atoms with Crippen molar-refractivity contribution in [3.63, 3.8) is 0 Å². The molecule has 1 aliphatic carbocycles. The lowest BCUT2D eigenvalue weighted by Crippen LogP contribution is -2.25. The van der Waals surface area contributed by atoms with Gasteiger partial charge in [-0.25, -0.2) is 4.98 Å². The fourth-order valence-electron chi connectivity index (χ4n) is 2.90. The molecule has 1 saturated carbocycles. The van der Waals surface area contributed by atoms with Gasteiger partial charge in [-0.3, -0.25) is 0 Å². The first kappa shape index (κ1) is 11.1. The molecule has 1 fully saturated rings. The zero-order valence-corrected chi connectivity index (χ0v) is 10.8. The molecule has 0 N–H and O–H groups in total. The third-order valence-corrected chi connectivity index (χ3v) is 4.70. The zero-order valence-electron chi connectivity index (χ0n) is 9.94. The third kappa shape index (κ3) is 2.41. The third-order valence-electron chi connectivity index (χ3n) is 3.79. The Morgan fingerprint density at radius 3 is 2.80 bits per heavy atom. The van der Waals surface area contributed by atoms with Crippen molar-refractivity contribution < 1.29 is 0 Å². The van der Waals surface area contributed by atoms with E-state index in [1.165, 1.54) is 24.3 Å². The lowest BCUT2D eigenvalue weighted by atomic mass is 9.70. The van der Waals surface area contributed by atoms with Gasteiger partial charge in [0.25, 0.3) is 0 Å². The van der Waals surface area contributed by atoms with E-state index in [4.69, 9.17) is 0 Å². The molecule has 1 aliphatic rings. The van der Waals surface area contributed by atoms with Crippen molar-refractivity contribution in [1.29, 1.82) is 0 Å². The van der Waals surface area contributed by atoms with Crippen LogP contribution in [-0.4, -0.2) is 4.98 Å². The van der Waals surface area contributed by atoms with Gasteiger partial charge in [0.15, 0.2) is 0 Å². The van der Waals surface area contributed by atoms with Gasteiger partial charge < -0.3 is 0 Å². The van der Waals surface area contributed by atoms with Crippen molar-refractivity contribution in [2.45, 2.75) is 46.0 Å². The molecule has 2 rings (SSSR count). The molecule has 0 spiro atoms. The summed E-state index contributed by atoms with van der Waals surface area (Å²) in [6, 6.07) is 0. The van der Waals surface area contributed by atoms with Crippen LogP contribution in [0, 0.1) is 17.8 Å². The second-order valence-electron chi connectivity index (χ2n) is 5.30. The lowest BCUT2D eigenvalue weighted by molar-refractivity contribution is 0.197. The summed E-state index contributed by atoms with van der Waals surface area (Å²) < 4.78 is 0. The van der Waals surface area contributed by atoms with Gasteiger partial charge in [0, 0.05) is 17.5 Å². The van der Waals surface area contributed by atoms with Crippen molar-refractivity contribution >= 4 is 11.3 Å². The van der Waals surface area contributed by atoms with Crippen LogP contribution in [0.4, 0.5) is 0 Å². The van der Waals surface area contributed by atoms with E-state index in [1.807, 2.05) is 17.5 Å². The predicted octanol–water partition coefficient (Wildman–Crippen LogP) is 4.32. The van der Waals surface area contributed by atoms with E-state index in [1.54, 1.807) is 0 Å². The smallest absolute Gasteiger partial charge is 0.0958 e. The Morgan fingerprint density at radius 1 is 1.40 bits per heavy atom. The number of nitrogens with zero attached hydrogens (tertiary/aromatic N) is 1. The molecule has 84 valence electrons. The summed E-state index contributed by atoms with van der Waals surface area (Å²) in [6.45, 7) is 7.11. The van der Waals surface area contributed by atoms with Gasteiger partial charge in [-0.1, -0.05) is 27.2 Å². The quantitative estimate of drug-likeness (QED) is 0.727. The highest BCUT2D eigenvalue weighted by Gasteiger charge is 2.32. The Bertz CT molecular complexity index is 291. The summed E-state index contributed by atoms with van der Waals surface area (Å²) in [5, 5.41) is 3.49. The molecule has 1 aromatic rings. The predicted molar refractivity (Wildman–Crippen MR) is 66.2 cm³/mol. The number of thiazole rings is 1. The Balaban J connectivity index is 2.17. The van der Waals surface area contributed by atoms with Gasteiger partial charge >= 0.3 is 0 Å². The molecule has 1 heterocycles. The Morgan fingerprint density at radius 2 is 2.20 bits per heavy atom. The van der Waals surface area contributed by atoms with Crippen molar-refractivity contribution in [2.75, 3.05) is 0 Å². The second kappa shape index (κ2) is 4.65. The molecule has 2 heteroatoms. The van der Waals surface area contributed by atoms with E-state index < -0.39 is 0 Å². The molecule has 3 atom stereocenters. The van der Waals surface area contributed by atoms with Crippen LogP contribution < -0.4 is 0 Å². The molecule has 0 amide bonds. The largest absolute Gasteiger partial charge is 0.249 e. The Labute approximate surface area is 96.9 Å². The highest BCUT2D eigenvalue weighted by Crippen LogP contribution is 2.44. The van der Waals surface area contributed by atoms with E-state index in [0.29, 0.717) is 0 Å². The SMILES string of the molecule is CC1CCC(C(C)C)C(c2nccs2)C1. The molecule has 1 nitrogen and oxygen atoms in total. The minimum absolute atomic E-state index is 0.730. The maximum atomic E-state index is 4.53. The fraction of sp³-hybridized carbons (Fsp3) is 0.769. The minimum Gasteiger partial charge on any atom is -0.249 e. The molecular formula is C13H21NS. The molecule has 1 aromatic heterocycles. The lowest BCUT2D eigenvalue weighted by Gasteiger charge is -2.36. The summed E-state index contributed by atoms with van der Waals surface area (Å²) in [5.41, 5.74) is 0. The second-order valence-corrected chi connectivity index (χ2v) is 6.23. The summed E-state index contributed by atoms with van der Waals surface area (Å²) in [4.78, 5) is 4.53. The molecule has 15 heavy (non-hydrogen) atoms. The normalized spacial score (nSPS) is 32.1. The number of rotatable bonds is 2. The van der Waals surface area contributed by atoms with Gasteiger partial charge in [-0.2, -0.15) is 0 Å². The van der Waals surface area contributed by atoms with Gasteiger partial charge in [0.05, 0.1) is 5.01 Å². The molecule has 0 aromatic carbocycles. The maximum absolute atomic E-state index is 4.53. The van der Waals surface area contributed by atoms with Gasteiger partial charge in [0.1, 0.15) is 0 Å². The monoisotopic (exact) mass is 223 g/mol. The van der Waals surface area contributed by atoms with Crippen molar-refractivity contribution in [3.8, 4) is 0 Å². The van der Waals surface area contributed by atoms with Crippen LogP contribution in [0.25, 0.3) is 0 Å². The fourth-order valence-corrected chi connectivity index (χ4v) is 3.73. The van der Waals surface area contributed by atoms with Crippen LogP contribution in [-0.2, 0) is 0 Å². The maximum Gasteiger partial charge on any atom is 0.0958 e. The van der Waals surface area contributed by atoms with Gasteiger partial charge in [-0.15, -0.1) is 11.3 Å². The van der Waals surface area contributed by atoms with Gasteiger partial charge in [-0.05, 0) is 30.6 Å². The zero-order chi connectivity index (χ0) is 10.8. The van der Waals surface area contributed by atoms with E-state index >= 15 is 0 Å². The molecule has 0 saturated heterocycles. The van der Waals surface area contributed by atoms with Crippen LogP contribution >= 0.6 is 11.3 Å². The summed E-state index contributed by atoms with van der Waals surface area (Å²) in [6.07, 6.45) is 6.10. The Hall–Kier alpha value is -0.370. The topological polar surface area (TPSA) is 12.9 Å². The first-order valence-electron chi connectivity index (χ1n) is 6.08. The van der Waals surface area contributed by atoms with E-state index in [-0.39, 0.29) is 0 Å². The van der Waals surface area contributed by atoms with Crippen LogP contribution in [0.1, 0.15) is 51.0 Å². The summed E-state index contributed by atoms with van der Waals surface area (Å²) in [5.74, 6) is 3.27. The highest BCUT2D eigenvalue weighted by molar-refractivity contribution is 7.09. The standard InChI is InChI=1S/C13H21NS/c1-9(2)11-5-4-10(3)8-12(11)13-14-6-7-15-13/h6-7,9-12H,4-5,8H2,1-3H3. The molecule has 0 aliphatic heterocycles. The molecule has 3 unspecified atom stereocenters. The first-order chi connectivity index (χ1) is 7.18. The summed E-state index contributed by atoms with van der Waals surface area (Å²) >= 11 is 1.84. The van der Waals surface area contributed by atoms with Crippen LogP contribution in [0.5, 0.6) is 0 Å². The van der Waals surface area contributed by atoms with Crippen molar-refractivity contribution in [2.24, 2.45) is 17.8 Å². The average Bonchev–Trinajstić information content (AvgIpc) is 2.69. The van der Waals surface area contributed by atoms with Crippen molar-refractivity contribution in [3.05, 3.63) is 16.6 Å².